The van der Waals surface area contributed by atoms with Crippen LogP contribution in [-0.2, 0) is 14.4 Å². The molecule has 10 heteroatoms. The number of anilines is 1. The number of fused-ring (bicyclic) bond motifs is 1. The molecule has 0 atom stereocenters. The van der Waals surface area contributed by atoms with E-state index in [4.69, 9.17) is 0 Å². The summed E-state index contributed by atoms with van der Waals surface area (Å²) in [5, 5.41) is 0.443. The van der Waals surface area contributed by atoms with Crippen molar-refractivity contribution in [3.05, 3.63) is 24.0 Å². The van der Waals surface area contributed by atoms with Crippen LogP contribution in [0, 0.1) is 5.82 Å². The van der Waals surface area contributed by atoms with Gasteiger partial charge in [0.15, 0.2) is 5.13 Å². The van der Waals surface area contributed by atoms with E-state index in [1.54, 1.807) is 6.07 Å². The normalized spacial score (nSPS) is 14.1. The van der Waals surface area contributed by atoms with Crippen LogP contribution < -0.4 is 4.90 Å². The molecule has 1 aromatic heterocycles. The zero-order valence-corrected chi connectivity index (χ0v) is 17.3. The summed E-state index contributed by atoms with van der Waals surface area (Å²) in [6, 6.07) is 4.28. The average molecular weight is 429 g/mol. The van der Waals surface area contributed by atoms with E-state index in [9.17, 15) is 18.8 Å². The maximum atomic E-state index is 13.5. The summed E-state index contributed by atoms with van der Waals surface area (Å²) in [4.78, 5) is 45.5. The molecule has 1 fully saturated rings. The first-order valence-corrected chi connectivity index (χ1v) is 9.51. The molecule has 7 nitrogen and oxygen atoms in total. The van der Waals surface area contributed by atoms with Gasteiger partial charge < -0.3 is 4.90 Å². The van der Waals surface area contributed by atoms with Crippen molar-refractivity contribution < 1.29 is 18.8 Å². The fraction of sp³-hybridized carbons (Fsp3) is 0.444. The molecule has 1 aliphatic heterocycles. The van der Waals surface area contributed by atoms with Gasteiger partial charge in [-0.05, 0) is 45.3 Å². The number of amides is 3. The molecule has 0 bridgehead atoms. The Morgan fingerprint density at radius 2 is 1.89 bits per heavy atom. The lowest BCUT2D eigenvalue weighted by Crippen LogP contribution is -2.43. The van der Waals surface area contributed by atoms with E-state index in [0.717, 1.165) is 11.4 Å². The second kappa shape index (κ2) is 9.40. The van der Waals surface area contributed by atoms with Crippen molar-refractivity contribution in [2.24, 2.45) is 0 Å². The van der Waals surface area contributed by atoms with Gasteiger partial charge in [0.2, 0.25) is 17.7 Å². The highest BCUT2D eigenvalue weighted by Gasteiger charge is 2.32. The number of aromatic nitrogens is 1. The van der Waals surface area contributed by atoms with Crippen LogP contribution in [0.4, 0.5) is 9.52 Å². The Bertz CT molecular complexity index is 873. The standard InChI is InChI=1S/C18H21FN4O3S.ClH/c1-21(2)8-3-9-22(17(26)11-23-15(24)6-7-16(23)25)18-20-13-5-4-12(19)10-14(13)27-18;/h4-5,10H,3,6-9,11H2,1-2H3;1H. The molecule has 1 aromatic carbocycles. The highest BCUT2D eigenvalue weighted by molar-refractivity contribution is 7.22. The molecule has 0 aliphatic carbocycles. The molecular weight excluding hydrogens is 407 g/mol. The number of thiazole rings is 1. The third-order valence-corrected chi connectivity index (χ3v) is 5.35. The van der Waals surface area contributed by atoms with Gasteiger partial charge in [0, 0.05) is 19.4 Å². The van der Waals surface area contributed by atoms with E-state index in [0.29, 0.717) is 28.3 Å². The molecule has 0 saturated carbocycles. The summed E-state index contributed by atoms with van der Waals surface area (Å²) >= 11 is 1.22. The van der Waals surface area contributed by atoms with Crippen LogP contribution in [0.3, 0.4) is 0 Å². The molecular formula is C18H22ClFN4O3S. The summed E-state index contributed by atoms with van der Waals surface area (Å²) in [6.45, 7) is 0.879. The minimum Gasteiger partial charge on any atom is -0.309 e. The van der Waals surface area contributed by atoms with E-state index in [2.05, 4.69) is 4.98 Å². The summed E-state index contributed by atoms with van der Waals surface area (Å²) in [6.07, 6.45) is 0.991. The third-order valence-electron chi connectivity index (χ3n) is 4.31. The van der Waals surface area contributed by atoms with Gasteiger partial charge in [-0.1, -0.05) is 11.3 Å². The molecule has 2 heterocycles. The van der Waals surface area contributed by atoms with Gasteiger partial charge >= 0.3 is 0 Å². The van der Waals surface area contributed by atoms with Crippen LogP contribution in [0.2, 0.25) is 0 Å². The third kappa shape index (κ3) is 5.03. The van der Waals surface area contributed by atoms with Crippen LogP contribution >= 0.6 is 23.7 Å². The summed E-state index contributed by atoms with van der Waals surface area (Å²) in [5.41, 5.74) is 0.607. The fourth-order valence-corrected chi connectivity index (χ4v) is 3.93. The minimum atomic E-state index is -0.364. The van der Waals surface area contributed by atoms with E-state index in [1.807, 2.05) is 19.0 Å². The number of benzene rings is 1. The topological polar surface area (TPSA) is 73.8 Å². The van der Waals surface area contributed by atoms with Gasteiger partial charge in [-0.15, -0.1) is 12.4 Å². The SMILES string of the molecule is CN(C)CCCN(C(=O)CN1C(=O)CCC1=O)c1nc2ccc(F)cc2s1.Cl. The van der Waals surface area contributed by atoms with E-state index in [1.165, 1.54) is 28.4 Å². The largest absolute Gasteiger partial charge is 0.309 e. The average Bonchev–Trinajstić information content (AvgIpc) is 3.15. The van der Waals surface area contributed by atoms with Gasteiger partial charge in [-0.25, -0.2) is 9.37 Å². The first-order valence-electron chi connectivity index (χ1n) is 8.69. The lowest BCUT2D eigenvalue weighted by molar-refractivity contribution is -0.141. The van der Waals surface area contributed by atoms with Crippen LogP contribution in [0.15, 0.2) is 18.2 Å². The van der Waals surface area contributed by atoms with Crippen LogP contribution in [0.5, 0.6) is 0 Å². The van der Waals surface area contributed by atoms with Gasteiger partial charge in [0.25, 0.3) is 0 Å². The Morgan fingerprint density at radius 1 is 1.21 bits per heavy atom. The lowest BCUT2D eigenvalue weighted by Gasteiger charge is -2.23. The van der Waals surface area contributed by atoms with Crippen molar-refractivity contribution in [1.82, 2.24) is 14.8 Å². The van der Waals surface area contributed by atoms with E-state index < -0.39 is 0 Å². The zero-order valence-electron chi connectivity index (χ0n) is 15.7. The molecule has 3 rings (SSSR count). The van der Waals surface area contributed by atoms with Crippen LogP contribution in [0.1, 0.15) is 19.3 Å². The first kappa shape index (κ1) is 22.2. The maximum Gasteiger partial charge on any atom is 0.248 e. The molecule has 152 valence electrons. The molecule has 0 unspecified atom stereocenters. The van der Waals surface area contributed by atoms with Crippen molar-refractivity contribution in [3.8, 4) is 0 Å². The molecule has 2 aromatic rings. The lowest BCUT2D eigenvalue weighted by atomic mass is 10.3. The van der Waals surface area contributed by atoms with Crippen LogP contribution in [0.25, 0.3) is 10.2 Å². The Hall–Kier alpha value is -2.10. The molecule has 28 heavy (non-hydrogen) atoms. The number of imide groups is 1. The molecule has 1 aliphatic rings. The maximum absolute atomic E-state index is 13.5. The number of hydrogen-bond acceptors (Lipinski definition) is 6. The van der Waals surface area contributed by atoms with E-state index in [-0.39, 0.29) is 55.3 Å². The number of carbonyl (C=O) groups excluding carboxylic acids is 3. The number of likely N-dealkylation sites (tertiary alicyclic amines) is 1. The highest BCUT2D eigenvalue weighted by Crippen LogP contribution is 2.30. The molecule has 3 amide bonds. The predicted molar refractivity (Wildman–Crippen MR) is 108 cm³/mol. The smallest absolute Gasteiger partial charge is 0.248 e. The van der Waals surface area contributed by atoms with Gasteiger partial charge in [0.05, 0.1) is 10.2 Å². The molecule has 0 radical (unpaired) electrons. The summed E-state index contributed by atoms with van der Waals surface area (Å²) in [5.74, 6) is -1.38. The molecule has 0 N–H and O–H groups in total. The van der Waals surface area contributed by atoms with Crippen molar-refractivity contribution >= 4 is 56.8 Å². The number of carbonyl (C=O) groups is 3. The zero-order chi connectivity index (χ0) is 19.6. The summed E-state index contributed by atoms with van der Waals surface area (Å²) < 4.78 is 14.1. The number of halogens is 2. The number of rotatable bonds is 7. The number of nitrogens with zero attached hydrogens (tertiary/aromatic N) is 4. The Kier molecular flexibility index (Phi) is 7.45. The first-order chi connectivity index (χ1) is 12.8. The fourth-order valence-electron chi connectivity index (χ4n) is 2.89. The molecule has 1 saturated heterocycles. The molecule has 0 spiro atoms. The van der Waals surface area contributed by atoms with Crippen molar-refractivity contribution in [2.45, 2.75) is 19.3 Å². The van der Waals surface area contributed by atoms with Gasteiger partial charge in [-0.2, -0.15) is 0 Å². The Balaban J connectivity index is 0.00000280. The van der Waals surface area contributed by atoms with Crippen molar-refractivity contribution in [2.75, 3.05) is 38.6 Å². The predicted octanol–water partition coefficient (Wildman–Crippen LogP) is 2.29. The van der Waals surface area contributed by atoms with Crippen molar-refractivity contribution in [1.29, 1.82) is 0 Å². The minimum absolute atomic E-state index is 0. The quantitative estimate of drug-likeness (QED) is 0.632. The number of hydrogen-bond donors (Lipinski definition) is 0. The van der Waals surface area contributed by atoms with Gasteiger partial charge in [0.1, 0.15) is 12.4 Å². The summed E-state index contributed by atoms with van der Waals surface area (Å²) in [7, 11) is 3.88. The second-order valence-electron chi connectivity index (χ2n) is 6.68. The van der Waals surface area contributed by atoms with Gasteiger partial charge in [-0.3, -0.25) is 24.2 Å². The van der Waals surface area contributed by atoms with Crippen molar-refractivity contribution in [3.63, 3.8) is 0 Å². The van der Waals surface area contributed by atoms with Crippen LogP contribution in [-0.4, -0.2) is 66.2 Å². The monoisotopic (exact) mass is 428 g/mol. The second-order valence-corrected chi connectivity index (χ2v) is 7.69. The Labute approximate surface area is 172 Å². The Morgan fingerprint density at radius 3 is 2.54 bits per heavy atom. The highest BCUT2D eigenvalue weighted by atomic mass is 35.5. The van der Waals surface area contributed by atoms with E-state index >= 15 is 0 Å².